The Kier molecular flexibility index (Phi) is 4.72. The summed E-state index contributed by atoms with van der Waals surface area (Å²) < 4.78 is 40.0. The molecule has 1 amide bonds. The number of halogens is 3. The fourth-order valence-corrected chi connectivity index (χ4v) is 3.15. The molecule has 2 aliphatic heterocycles. The van der Waals surface area contributed by atoms with Crippen LogP contribution in [0.1, 0.15) is 26.2 Å². The molecule has 1 fully saturated rings. The third kappa shape index (κ3) is 3.20. The van der Waals surface area contributed by atoms with Gasteiger partial charge in [0, 0.05) is 5.57 Å². The molecule has 130 valence electrons. The summed E-state index contributed by atoms with van der Waals surface area (Å²) in [5.41, 5.74) is 0.541. The number of nitrogens with two attached hydrogens (primary N) is 1. The van der Waals surface area contributed by atoms with Crippen LogP contribution >= 0.6 is 0 Å². The van der Waals surface area contributed by atoms with Crippen LogP contribution in [0.4, 0.5) is 13.2 Å². The van der Waals surface area contributed by atoms with E-state index in [0.29, 0.717) is 6.54 Å². The number of aliphatic hydroxyl groups is 1. The number of alkyl halides is 3. The summed E-state index contributed by atoms with van der Waals surface area (Å²) in [5, 5.41) is 25.7. The Bertz CT molecular complexity index is 541. The molecule has 2 aliphatic rings. The Labute approximate surface area is 131 Å². The van der Waals surface area contributed by atoms with Crippen LogP contribution in [0.15, 0.2) is 11.4 Å². The van der Waals surface area contributed by atoms with Crippen molar-refractivity contribution in [2.45, 2.75) is 38.0 Å². The average molecular weight is 333 g/mol. The van der Waals surface area contributed by atoms with E-state index in [1.807, 2.05) is 0 Å². The van der Waals surface area contributed by atoms with Gasteiger partial charge in [0.2, 0.25) is 5.91 Å². The second-order valence-corrected chi connectivity index (χ2v) is 6.15. The first kappa shape index (κ1) is 17.7. The second-order valence-electron chi connectivity index (χ2n) is 6.15. The lowest BCUT2D eigenvalue weighted by atomic mass is 9.75. The molecular formula is C14H20F3N4O2-. The Hall–Kier alpha value is -1.61. The van der Waals surface area contributed by atoms with Crippen molar-refractivity contribution in [1.29, 1.82) is 0 Å². The van der Waals surface area contributed by atoms with Gasteiger partial charge >= 0.3 is 6.18 Å². The zero-order chi connectivity index (χ0) is 17.4. The van der Waals surface area contributed by atoms with E-state index >= 15 is 0 Å². The van der Waals surface area contributed by atoms with Crippen molar-refractivity contribution in [2.75, 3.05) is 13.1 Å². The van der Waals surface area contributed by atoms with Gasteiger partial charge in [0.05, 0.1) is 6.42 Å². The summed E-state index contributed by atoms with van der Waals surface area (Å²) in [6.07, 6.45) is -4.78. The molecule has 2 heterocycles. The van der Waals surface area contributed by atoms with E-state index in [1.165, 1.54) is 0 Å². The van der Waals surface area contributed by atoms with Crippen LogP contribution in [0.25, 0.3) is 5.41 Å². The summed E-state index contributed by atoms with van der Waals surface area (Å²) in [6.45, 7) is 2.95. The number of amides is 1. The van der Waals surface area contributed by atoms with E-state index in [-0.39, 0.29) is 5.92 Å². The predicted octanol–water partition coefficient (Wildman–Crippen LogP) is 0.616. The first-order valence-electron chi connectivity index (χ1n) is 7.44. The number of piperidine rings is 1. The van der Waals surface area contributed by atoms with Gasteiger partial charge in [0.1, 0.15) is 5.82 Å². The van der Waals surface area contributed by atoms with Crippen molar-refractivity contribution in [3.05, 3.63) is 16.8 Å². The number of hydrogen-bond acceptors (Lipinski definition) is 4. The minimum absolute atomic E-state index is 0.0841. The van der Waals surface area contributed by atoms with Crippen LogP contribution in [0.2, 0.25) is 0 Å². The van der Waals surface area contributed by atoms with Gasteiger partial charge in [0.15, 0.2) is 5.60 Å². The molecule has 3 atom stereocenters. The second kappa shape index (κ2) is 6.12. The van der Waals surface area contributed by atoms with Gasteiger partial charge in [-0.2, -0.15) is 18.9 Å². The maximum atomic E-state index is 13.3. The third-order valence-electron chi connectivity index (χ3n) is 4.57. The van der Waals surface area contributed by atoms with E-state index in [4.69, 9.17) is 5.73 Å². The fraction of sp³-hybridized carbons (Fsp3) is 0.714. The average Bonchev–Trinajstić information content (AvgIpc) is 2.45. The summed E-state index contributed by atoms with van der Waals surface area (Å²) in [4.78, 5) is 11.4. The molecule has 5 N–H and O–H groups in total. The Morgan fingerprint density at radius 3 is 2.70 bits per heavy atom. The lowest BCUT2D eigenvalue weighted by molar-refractivity contribution is -0.244. The normalized spacial score (nSPS) is 30.8. The molecule has 0 aromatic rings. The Morgan fingerprint density at radius 1 is 1.52 bits per heavy atom. The smallest absolute Gasteiger partial charge is 0.422 e. The molecule has 2 unspecified atom stereocenters. The van der Waals surface area contributed by atoms with Crippen LogP contribution < -0.4 is 16.4 Å². The van der Waals surface area contributed by atoms with Gasteiger partial charge in [-0.3, -0.25) is 4.79 Å². The summed E-state index contributed by atoms with van der Waals surface area (Å²) >= 11 is 0. The molecule has 1 saturated heterocycles. The highest BCUT2D eigenvalue weighted by molar-refractivity contribution is 6.08. The van der Waals surface area contributed by atoms with Gasteiger partial charge in [-0.25, -0.2) is 0 Å². The van der Waals surface area contributed by atoms with Crippen molar-refractivity contribution >= 4 is 11.6 Å². The minimum Gasteiger partial charge on any atom is -0.807 e. The number of carbonyl (C=O) groups is 1. The highest BCUT2D eigenvalue weighted by atomic mass is 19.4. The maximum absolute atomic E-state index is 13.3. The van der Waals surface area contributed by atoms with Crippen LogP contribution in [0, 0.1) is 11.8 Å². The van der Waals surface area contributed by atoms with Crippen LogP contribution in [-0.4, -0.2) is 41.6 Å². The highest BCUT2D eigenvalue weighted by Gasteiger charge is 2.59. The number of rotatable bonds is 3. The number of nitrogens with one attached hydrogen (secondary N) is 2. The molecule has 0 aliphatic carbocycles. The van der Waals surface area contributed by atoms with Crippen molar-refractivity contribution < 1.29 is 23.1 Å². The van der Waals surface area contributed by atoms with E-state index in [0.717, 1.165) is 19.4 Å². The van der Waals surface area contributed by atoms with Gasteiger partial charge in [-0.1, -0.05) is 6.92 Å². The number of nitrogens with zero attached hydrogens (tertiary/aromatic N) is 1. The largest absolute Gasteiger partial charge is 0.807 e. The van der Waals surface area contributed by atoms with E-state index < -0.39 is 47.1 Å². The summed E-state index contributed by atoms with van der Waals surface area (Å²) in [5.74, 6) is -2.43. The van der Waals surface area contributed by atoms with Crippen molar-refractivity contribution in [2.24, 2.45) is 17.6 Å². The molecule has 0 bridgehead atoms. The highest BCUT2D eigenvalue weighted by Crippen LogP contribution is 2.43. The van der Waals surface area contributed by atoms with E-state index in [2.05, 4.69) is 10.6 Å². The monoisotopic (exact) mass is 333 g/mol. The van der Waals surface area contributed by atoms with Crippen molar-refractivity contribution in [3.8, 4) is 0 Å². The molecule has 0 aromatic carbocycles. The molecular weight excluding hydrogens is 313 g/mol. The van der Waals surface area contributed by atoms with E-state index in [1.54, 1.807) is 6.92 Å². The Morgan fingerprint density at radius 2 is 2.17 bits per heavy atom. The van der Waals surface area contributed by atoms with Crippen molar-refractivity contribution in [3.63, 3.8) is 0 Å². The zero-order valence-corrected chi connectivity index (χ0v) is 12.7. The zero-order valence-electron chi connectivity index (χ0n) is 12.7. The molecule has 0 spiro atoms. The number of hydrogen-bond donors (Lipinski definition) is 4. The van der Waals surface area contributed by atoms with E-state index in [9.17, 15) is 28.5 Å². The summed E-state index contributed by atoms with van der Waals surface area (Å²) in [7, 11) is 0. The lowest BCUT2D eigenvalue weighted by Crippen LogP contribution is -2.58. The third-order valence-corrected chi connectivity index (χ3v) is 4.57. The fourth-order valence-electron chi connectivity index (χ4n) is 3.15. The van der Waals surface area contributed by atoms with Crippen molar-refractivity contribution in [1.82, 2.24) is 10.6 Å². The maximum Gasteiger partial charge on any atom is 0.422 e. The van der Waals surface area contributed by atoms with Crippen LogP contribution in [-0.2, 0) is 4.79 Å². The first-order chi connectivity index (χ1) is 10.6. The molecule has 0 radical (unpaired) electrons. The molecule has 6 nitrogen and oxygen atoms in total. The van der Waals surface area contributed by atoms with Crippen LogP contribution in [0.5, 0.6) is 0 Å². The lowest BCUT2D eigenvalue weighted by Gasteiger charge is -2.43. The topological polar surface area (TPSA) is 110 Å². The predicted molar refractivity (Wildman–Crippen MR) is 78.1 cm³/mol. The first-order valence-corrected chi connectivity index (χ1v) is 7.44. The van der Waals surface area contributed by atoms with Gasteiger partial charge < -0.3 is 26.9 Å². The molecule has 0 saturated carbocycles. The molecule has 2 rings (SSSR count). The van der Waals surface area contributed by atoms with Gasteiger partial charge in [-0.15, -0.1) is 0 Å². The summed E-state index contributed by atoms with van der Waals surface area (Å²) in [6, 6.07) is 0. The Balaban J connectivity index is 2.38. The van der Waals surface area contributed by atoms with Crippen LogP contribution in [0.3, 0.4) is 0 Å². The van der Waals surface area contributed by atoms with Gasteiger partial charge in [0.25, 0.3) is 0 Å². The molecule has 9 heteroatoms. The quantitative estimate of drug-likeness (QED) is 0.567. The minimum atomic E-state index is -5.14. The SMILES string of the molecule is C[C@H](C(=[N-])C1=C(N)NC(=O)CC1(O)C(F)(F)F)C1CCCNC1. The number of carbonyl (C=O) groups excluding carboxylic acids is 1. The standard InChI is InChI=1S/C14H20F3N4O2/c1-7(8-3-2-4-20-6-8)11(18)10-12(19)21-9(22)5-13(10,23)14(15,16)17/h7-8,20,23H,2-6,19H2,1H3,(H,21,22)/q-1/t7-,8?,13?/m0/s1. The molecule has 0 aromatic heterocycles. The van der Waals surface area contributed by atoms with Gasteiger partial charge in [-0.05, 0) is 37.8 Å². The molecule has 23 heavy (non-hydrogen) atoms.